The molecule has 6 heteroatoms. The summed E-state index contributed by atoms with van der Waals surface area (Å²) in [6.07, 6.45) is 2.46. The SMILES string of the molecule is Cc1nc(C(=O)N2C3CCC2C(C(=O)OC(C)(C)C)C3)c(C)o1. The van der Waals surface area contributed by atoms with Crippen molar-refractivity contribution in [2.75, 3.05) is 0 Å². The van der Waals surface area contributed by atoms with Crippen molar-refractivity contribution in [1.29, 1.82) is 0 Å². The number of hydrogen-bond acceptors (Lipinski definition) is 5. The van der Waals surface area contributed by atoms with E-state index in [4.69, 9.17) is 9.15 Å². The van der Waals surface area contributed by atoms with E-state index in [1.807, 2.05) is 25.7 Å². The van der Waals surface area contributed by atoms with Crippen LogP contribution in [0.2, 0.25) is 0 Å². The average Bonchev–Trinajstić information content (AvgIpc) is 3.08. The molecular formula is C17H24N2O4. The number of oxazole rings is 1. The van der Waals surface area contributed by atoms with E-state index in [1.165, 1.54) is 0 Å². The van der Waals surface area contributed by atoms with Crippen LogP contribution in [0.5, 0.6) is 0 Å². The largest absolute Gasteiger partial charge is 0.460 e. The minimum absolute atomic E-state index is 0.0845. The third-order valence-electron chi connectivity index (χ3n) is 4.59. The van der Waals surface area contributed by atoms with Crippen LogP contribution >= 0.6 is 0 Å². The van der Waals surface area contributed by atoms with Gasteiger partial charge in [-0.05, 0) is 47.0 Å². The van der Waals surface area contributed by atoms with E-state index in [0.717, 1.165) is 12.8 Å². The minimum Gasteiger partial charge on any atom is -0.460 e. The maximum Gasteiger partial charge on any atom is 0.311 e. The van der Waals surface area contributed by atoms with Gasteiger partial charge in [0, 0.05) is 19.0 Å². The molecule has 0 radical (unpaired) electrons. The van der Waals surface area contributed by atoms with Crippen molar-refractivity contribution in [2.24, 2.45) is 5.92 Å². The first-order valence-corrected chi connectivity index (χ1v) is 8.17. The molecule has 0 N–H and O–H groups in total. The molecule has 2 aliphatic rings. The van der Waals surface area contributed by atoms with Gasteiger partial charge in [0.2, 0.25) is 0 Å². The Morgan fingerprint density at radius 3 is 2.52 bits per heavy atom. The Labute approximate surface area is 136 Å². The zero-order valence-corrected chi connectivity index (χ0v) is 14.4. The van der Waals surface area contributed by atoms with Crippen molar-refractivity contribution in [1.82, 2.24) is 9.88 Å². The number of nitrogens with zero attached hydrogens (tertiary/aromatic N) is 2. The summed E-state index contributed by atoms with van der Waals surface area (Å²) in [6.45, 7) is 9.07. The zero-order chi connectivity index (χ0) is 16.9. The Morgan fingerprint density at radius 1 is 1.26 bits per heavy atom. The zero-order valence-electron chi connectivity index (χ0n) is 14.4. The van der Waals surface area contributed by atoms with Crippen LogP contribution in [0.3, 0.4) is 0 Å². The van der Waals surface area contributed by atoms with Crippen molar-refractivity contribution in [3.8, 4) is 0 Å². The number of carbonyl (C=O) groups is 2. The molecule has 1 aromatic heterocycles. The van der Waals surface area contributed by atoms with Crippen molar-refractivity contribution in [3.05, 3.63) is 17.3 Å². The number of aryl methyl sites for hydroxylation is 2. The summed E-state index contributed by atoms with van der Waals surface area (Å²) in [6, 6.07) is 0.0141. The van der Waals surface area contributed by atoms with E-state index >= 15 is 0 Å². The second kappa shape index (κ2) is 5.35. The molecule has 126 valence electrons. The van der Waals surface area contributed by atoms with Gasteiger partial charge in [0.1, 0.15) is 11.4 Å². The van der Waals surface area contributed by atoms with Crippen LogP contribution in [0.25, 0.3) is 0 Å². The molecule has 2 aliphatic heterocycles. The first kappa shape index (κ1) is 16.0. The third kappa shape index (κ3) is 2.86. The minimum atomic E-state index is -0.506. The highest BCUT2D eigenvalue weighted by Crippen LogP contribution is 2.43. The lowest BCUT2D eigenvalue weighted by molar-refractivity contribution is -0.160. The number of fused-ring (bicyclic) bond motifs is 2. The molecule has 2 fully saturated rings. The average molecular weight is 320 g/mol. The van der Waals surface area contributed by atoms with Crippen LogP contribution in [-0.2, 0) is 9.53 Å². The molecule has 0 spiro atoms. The van der Waals surface area contributed by atoms with E-state index in [-0.39, 0.29) is 29.9 Å². The summed E-state index contributed by atoms with van der Waals surface area (Å²) >= 11 is 0. The number of esters is 1. The number of ether oxygens (including phenoxy) is 1. The molecule has 3 unspecified atom stereocenters. The second-order valence-electron chi connectivity index (χ2n) is 7.52. The number of hydrogen-bond donors (Lipinski definition) is 0. The molecule has 0 saturated carbocycles. The highest BCUT2D eigenvalue weighted by Gasteiger charge is 2.52. The van der Waals surface area contributed by atoms with E-state index in [2.05, 4.69) is 4.98 Å². The van der Waals surface area contributed by atoms with E-state index in [0.29, 0.717) is 23.8 Å². The van der Waals surface area contributed by atoms with Gasteiger partial charge in [0.15, 0.2) is 11.6 Å². The quantitative estimate of drug-likeness (QED) is 0.783. The van der Waals surface area contributed by atoms with Crippen molar-refractivity contribution in [2.45, 2.75) is 71.6 Å². The number of amides is 1. The van der Waals surface area contributed by atoms with E-state index < -0.39 is 5.60 Å². The lowest BCUT2D eigenvalue weighted by Gasteiger charge is -2.26. The molecule has 3 heterocycles. The Balaban J connectivity index is 1.79. The van der Waals surface area contributed by atoms with Crippen LogP contribution in [0.4, 0.5) is 0 Å². The van der Waals surface area contributed by atoms with E-state index in [9.17, 15) is 9.59 Å². The fraction of sp³-hybridized carbons (Fsp3) is 0.706. The predicted octanol–water partition coefficient (Wildman–Crippen LogP) is 2.63. The first-order valence-electron chi connectivity index (χ1n) is 8.17. The molecule has 3 atom stereocenters. The van der Waals surface area contributed by atoms with Gasteiger partial charge in [-0.1, -0.05) is 0 Å². The van der Waals surface area contributed by atoms with Gasteiger partial charge in [0.25, 0.3) is 5.91 Å². The van der Waals surface area contributed by atoms with Gasteiger partial charge in [-0.3, -0.25) is 9.59 Å². The maximum absolute atomic E-state index is 12.8. The van der Waals surface area contributed by atoms with Gasteiger partial charge in [-0.25, -0.2) is 4.98 Å². The highest BCUT2D eigenvalue weighted by atomic mass is 16.6. The number of carbonyl (C=O) groups excluding carboxylic acids is 2. The van der Waals surface area contributed by atoms with Crippen LogP contribution in [-0.4, -0.2) is 39.4 Å². The molecule has 0 aromatic carbocycles. The summed E-state index contributed by atoms with van der Waals surface area (Å²) in [5.41, 5.74) is -0.141. The molecule has 23 heavy (non-hydrogen) atoms. The monoisotopic (exact) mass is 320 g/mol. The smallest absolute Gasteiger partial charge is 0.311 e. The standard InChI is InChI=1S/C17H24N2O4/c1-9-14(18-10(2)22-9)15(20)19-11-6-7-13(19)12(8-11)16(21)23-17(3,4)5/h11-13H,6-8H2,1-5H3. The fourth-order valence-corrected chi connectivity index (χ4v) is 3.79. The van der Waals surface area contributed by atoms with Crippen LogP contribution < -0.4 is 0 Å². The van der Waals surface area contributed by atoms with Gasteiger partial charge < -0.3 is 14.1 Å². The van der Waals surface area contributed by atoms with Gasteiger partial charge in [0.05, 0.1) is 5.92 Å². The molecule has 3 rings (SSSR count). The Bertz CT molecular complexity index is 644. The number of aromatic nitrogens is 1. The lowest BCUT2D eigenvalue weighted by atomic mass is 9.89. The van der Waals surface area contributed by atoms with Crippen LogP contribution in [0.15, 0.2) is 4.42 Å². The van der Waals surface area contributed by atoms with Gasteiger partial charge >= 0.3 is 5.97 Å². The molecule has 6 nitrogen and oxygen atoms in total. The normalized spacial score (nSPS) is 26.7. The summed E-state index contributed by atoms with van der Waals surface area (Å²) in [7, 11) is 0. The third-order valence-corrected chi connectivity index (χ3v) is 4.59. The topological polar surface area (TPSA) is 72.6 Å². The van der Waals surface area contributed by atoms with Crippen molar-refractivity contribution in [3.63, 3.8) is 0 Å². The molecule has 2 bridgehead atoms. The Hall–Kier alpha value is -1.85. The Kier molecular flexibility index (Phi) is 3.73. The summed E-state index contributed by atoms with van der Waals surface area (Å²) in [4.78, 5) is 31.3. The molecule has 2 saturated heterocycles. The molecule has 1 aromatic rings. The van der Waals surface area contributed by atoms with Crippen molar-refractivity contribution >= 4 is 11.9 Å². The summed E-state index contributed by atoms with van der Waals surface area (Å²) < 4.78 is 10.9. The Morgan fingerprint density at radius 2 is 1.96 bits per heavy atom. The van der Waals surface area contributed by atoms with Crippen LogP contribution in [0.1, 0.15) is 62.2 Å². The fourth-order valence-electron chi connectivity index (χ4n) is 3.79. The van der Waals surface area contributed by atoms with Gasteiger partial charge in [-0.2, -0.15) is 0 Å². The summed E-state index contributed by atoms with van der Waals surface area (Å²) in [5, 5.41) is 0. The molecule has 0 aliphatic carbocycles. The first-order chi connectivity index (χ1) is 10.7. The summed E-state index contributed by atoms with van der Waals surface area (Å²) in [5.74, 6) is 0.465. The van der Waals surface area contributed by atoms with E-state index in [1.54, 1.807) is 13.8 Å². The number of rotatable bonds is 2. The maximum atomic E-state index is 12.8. The van der Waals surface area contributed by atoms with Gasteiger partial charge in [-0.15, -0.1) is 0 Å². The highest BCUT2D eigenvalue weighted by molar-refractivity contribution is 5.94. The van der Waals surface area contributed by atoms with Crippen LogP contribution in [0, 0.1) is 19.8 Å². The predicted molar refractivity (Wildman–Crippen MR) is 82.9 cm³/mol. The second-order valence-corrected chi connectivity index (χ2v) is 7.52. The lowest BCUT2D eigenvalue weighted by Crippen LogP contribution is -2.39. The molecule has 1 amide bonds. The molecular weight excluding hydrogens is 296 g/mol. The van der Waals surface area contributed by atoms with Crippen molar-refractivity contribution < 1.29 is 18.7 Å².